The van der Waals surface area contributed by atoms with Gasteiger partial charge >= 0.3 is 6.03 Å². The number of methoxy groups -OCH3 is 1. The smallest absolute Gasteiger partial charge is 0.319 e. The molecule has 0 radical (unpaired) electrons. The maximum atomic E-state index is 14.2. The lowest BCUT2D eigenvalue weighted by molar-refractivity contribution is 0.102. The lowest BCUT2D eigenvalue weighted by atomic mass is 10.0. The number of amides is 2. The molecule has 3 aromatic rings. The van der Waals surface area contributed by atoms with Crippen molar-refractivity contribution in [3.63, 3.8) is 0 Å². The molecule has 3 aromatic heterocycles. The average molecular weight is 511 g/mol. The van der Waals surface area contributed by atoms with E-state index in [0.29, 0.717) is 41.8 Å². The van der Waals surface area contributed by atoms with Gasteiger partial charge in [-0.1, -0.05) is 0 Å². The molecular formula is C24H31FN10O2. The Hall–Kier alpha value is -4.13. The van der Waals surface area contributed by atoms with Gasteiger partial charge in [0.15, 0.2) is 11.6 Å². The molecule has 0 aliphatic carbocycles. The average Bonchev–Trinajstić information content (AvgIpc) is 2.87. The van der Waals surface area contributed by atoms with E-state index in [4.69, 9.17) is 10.5 Å². The highest BCUT2D eigenvalue weighted by Gasteiger charge is 2.26. The molecule has 1 saturated heterocycles. The molecular weight excluding hydrogens is 479 g/mol. The maximum Gasteiger partial charge on any atom is 0.319 e. The Labute approximate surface area is 214 Å². The van der Waals surface area contributed by atoms with E-state index in [-0.39, 0.29) is 23.9 Å². The summed E-state index contributed by atoms with van der Waals surface area (Å²) in [4.78, 5) is 39.5. The molecule has 0 saturated carbocycles. The van der Waals surface area contributed by atoms with Crippen LogP contribution in [0, 0.1) is 12.7 Å². The number of nitrogen functional groups attached to an aromatic ring is 1. The van der Waals surface area contributed by atoms with Gasteiger partial charge in [-0.3, -0.25) is 4.90 Å². The Morgan fingerprint density at radius 1 is 1.14 bits per heavy atom. The Bertz CT molecular complexity index is 1260. The molecule has 4 heterocycles. The number of piperazine rings is 1. The first-order chi connectivity index (χ1) is 17.7. The zero-order valence-corrected chi connectivity index (χ0v) is 21.6. The van der Waals surface area contributed by atoms with Crippen LogP contribution in [-0.2, 0) is 0 Å². The Morgan fingerprint density at radius 2 is 1.86 bits per heavy atom. The fraction of sp³-hybridized carbons (Fsp3) is 0.417. The lowest BCUT2D eigenvalue weighted by Gasteiger charge is -2.39. The third-order valence-electron chi connectivity index (χ3n) is 6.18. The number of pyridine rings is 2. The monoisotopic (exact) mass is 510 g/mol. The zero-order valence-electron chi connectivity index (χ0n) is 21.6. The molecule has 3 N–H and O–H groups in total. The Balaban J connectivity index is 1.64. The van der Waals surface area contributed by atoms with Crippen molar-refractivity contribution < 1.29 is 13.9 Å². The van der Waals surface area contributed by atoms with E-state index in [1.54, 1.807) is 32.1 Å². The SMILES string of the molecule is COc1ncc(Nc2ncc(C(C)N3CCN(C(=O)N(C)C)CC3)cc2-c2nc(C)nc(N)n2)cc1F. The molecule has 196 valence electrons. The topological polar surface area (TPSA) is 139 Å². The Kier molecular flexibility index (Phi) is 7.62. The van der Waals surface area contributed by atoms with E-state index < -0.39 is 5.82 Å². The van der Waals surface area contributed by atoms with Crippen LogP contribution in [0.1, 0.15) is 24.4 Å². The number of halogens is 1. The number of carbonyl (C=O) groups is 1. The Morgan fingerprint density at radius 3 is 2.49 bits per heavy atom. The summed E-state index contributed by atoms with van der Waals surface area (Å²) in [6.07, 6.45) is 3.21. The van der Waals surface area contributed by atoms with Gasteiger partial charge in [0, 0.05) is 58.6 Å². The number of rotatable bonds is 6. The van der Waals surface area contributed by atoms with Gasteiger partial charge in [-0.15, -0.1) is 0 Å². The van der Waals surface area contributed by atoms with Gasteiger partial charge in [0.25, 0.3) is 0 Å². The largest absolute Gasteiger partial charge is 0.479 e. The normalized spacial score (nSPS) is 14.8. The number of nitrogens with one attached hydrogen (secondary N) is 1. The summed E-state index contributed by atoms with van der Waals surface area (Å²) in [5.74, 6) is 0.602. The number of nitrogens with two attached hydrogens (primary N) is 1. The third-order valence-corrected chi connectivity index (χ3v) is 6.18. The second-order valence-corrected chi connectivity index (χ2v) is 8.95. The number of aromatic nitrogens is 5. The third kappa shape index (κ3) is 5.82. The van der Waals surface area contributed by atoms with Gasteiger partial charge in [0.2, 0.25) is 11.8 Å². The van der Waals surface area contributed by atoms with Gasteiger partial charge in [0.05, 0.1) is 24.6 Å². The molecule has 37 heavy (non-hydrogen) atoms. The summed E-state index contributed by atoms with van der Waals surface area (Å²) in [6.45, 7) is 6.55. The van der Waals surface area contributed by atoms with Crippen molar-refractivity contribution in [1.82, 2.24) is 39.6 Å². The summed E-state index contributed by atoms with van der Waals surface area (Å²) < 4.78 is 19.2. The van der Waals surface area contributed by atoms with Gasteiger partial charge in [-0.25, -0.2) is 24.1 Å². The van der Waals surface area contributed by atoms with Gasteiger partial charge in [0.1, 0.15) is 11.6 Å². The lowest BCUT2D eigenvalue weighted by Crippen LogP contribution is -2.51. The van der Waals surface area contributed by atoms with E-state index in [1.807, 2.05) is 11.0 Å². The molecule has 13 heteroatoms. The summed E-state index contributed by atoms with van der Waals surface area (Å²) in [5, 5.41) is 3.10. The molecule has 2 amide bonds. The maximum absolute atomic E-state index is 14.2. The van der Waals surface area contributed by atoms with Gasteiger partial charge < -0.3 is 25.6 Å². The molecule has 1 atom stereocenters. The number of ether oxygens (including phenoxy) is 1. The standard InChI is InChI=1S/C24H31FN10O2/c1-14(34-6-8-35(9-7-34)24(36)33(3)4)16-10-18(21-29-15(2)30-23(26)32-21)20(27-12-16)31-17-11-19(25)22(37-5)28-13-17/h10-14H,6-9H2,1-5H3,(H,27,31)(H2,26,29,30,32). The predicted molar refractivity (Wildman–Crippen MR) is 137 cm³/mol. The summed E-state index contributed by atoms with van der Waals surface area (Å²) in [5.41, 5.74) is 7.80. The molecule has 12 nitrogen and oxygen atoms in total. The summed E-state index contributed by atoms with van der Waals surface area (Å²) in [7, 11) is 4.86. The molecule has 1 fully saturated rings. The zero-order chi connectivity index (χ0) is 26.7. The quantitative estimate of drug-likeness (QED) is 0.508. The van der Waals surface area contributed by atoms with E-state index in [9.17, 15) is 9.18 Å². The van der Waals surface area contributed by atoms with Crippen LogP contribution in [0.3, 0.4) is 0 Å². The molecule has 1 aliphatic heterocycles. The van der Waals surface area contributed by atoms with E-state index in [1.165, 1.54) is 19.4 Å². The highest BCUT2D eigenvalue weighted by molar-refractivity contribution is 5.75. The first-order valence-corrected chi connectivity index (χ1v) is 11.8. The minimum absolute atomic E-state index is 0.0114. The number of urea groups is 1. The van der Waals surface area contributed by atoms with Crippen LogP contribution < -0.4 is 15.8 Å². The van der Waals surface area contributed by atoms with Crippen LogP contribution in [-0.4, -0.2) is 93.0 Å². The van der Waals surface area contributed by atoms with Crippen molar-refractivity contribution in [1.29, 1.82) is 0 Å². The molecule has 4 rings (SSSR count). The van der Waals surface area contributed by atoms with Crippen molar-refractivity contribution in [3.8, 4) is 17.3 Å². The van der Waals surface area contributed by atoms with Crippen molar-refractivity contribution in [2.75, 3.05) is 58.4 Å². The molecule has 0 spiro atoms. The van der Waals surface area contributed by atoms with Crippen LogP contribution in [0.15, 0.2) is 24.5 Å². The highest BCUT2D eigenvalue weighted by atomic mass is 19.1. The van der Waals surface area contributed by atoms with Crippen molar-refractivity contribution in [3.05, 3.63) is 41.7 Å². The second kappa shape index (κ2) is 10.9. The number of nitrogens with zero attached hydrogens (tertiary/aromatic N) is 8. The van der Waals surface area contributed by atoms with E-state index in [0.717, 1.165) is 18.7 Å². The van der Waals surface area contributed by atoms with Crippen LogP contribution in [0.2, 0.25) is 0 Å². The predicted octanol–water partition coefficient (Wildman–Crippen LogP) is 2.47. The fourth-order valence-corrected chi connectivity index (χ4v) is 4.18. The van der Waals surface area contributed by atoms with Crippen LogP contribution >= 0.6 is 0 Å². The highest BCUT2D eigenvalue weighted by Crippen LogP contribution is 2.32. The van der Waals surface area contributed by atoms with Gasteiger partial charge in [-0.05, 0) is 25.5 Å². The minimum atomic E-state index is -0.605. The first kappa shape index (κ1) is 25.9. The summed E-state index contributed by atoms with van der Waals surface area (Å²) in [6, 6.07) is 3.24. The number of hydrogen-bond acceptors (Lipinski definition) is 10. The van der Waals surface area contributed by atoms with Crippen LogP contribution in [0.5, 0.6) is 5.88 Å². The first-order valence-electron chi connectivity index (χ1n) is 11.8. The van der Waals surface area contributed by atoms with Crippen LogP contribution in [0.4, 0.5) is 26.6 Å². The molecule has 0 aromatic carbocycles. The fourth-order valence-electron chi connectivity index (χ4n) is 4.18. The van der Waals surface area contributed by atoms with E-state index in [2.05, 4.69) is 42.1 Å². The molecule has 0 bridgehead atoms. The van der Waals surface area contributed by atoms with Crippen molar-refractivity contribution in [2.45, 2.75) is 19.9 Å². The number of aryl methyl sites for hydroxylation is 1. The van der Waals surface area contributed by atoms with Gasteiger partial charge in [-0.2, -0.15) is 9.97 Å². The van der Waals surface area contributed by atoms with Crippen molar-refractivity contribution in [2.24, 2.45) is 0 Å². The molecule has 1 aliphatic rings. The molecule has 1 unspecified atom stereocenters. The van der Waals surface area contributed by atoms with Crippen LogP contribution in [0.25, 0.3) is 11.4 Å². The second-order valence-electron chi connectivity index (χ2n) is 8.95. The minimum Gasteiger partial charge on any atom is -0.479 e. The number of anilines is 3. The van der Waals surface area contributed by atoms with Crippen molar-refractivity contribution >= 4 is 23.5 Å². The number of carbonyl (C=O) groups excluding carboxylic acids is 1. The number of hydrogen-bond donors (Lipinski definition) is 2. The van der Waals surface area contributed by atoms with E-state index >= 15 is 0 Å². The summed E-state index contributed by atoms with van der Waals surface area (Å²) >= 11 is 0.